The number of halogens is 12. The van der Waals surface area contributed by atoms with Crippen LogP contribution >= 0.6 is 0 Å². The van der Waals surface area contributed by atoms with Crippen molar-refractivity contribution < 1.29 is 91.4 Å². The number of carboxylic acids is 1. The summed E-state index contributed by atoms with van der Waals surface area (Å²) in [6, 6.07) is 32.7. The molecule has 0 saturated heterocycles. The van der Waals surface area contributed by atoms with Crippen molar-refractivity contribution in [2.75, 3.05) is 42.5 Å². The Morgan fingerprint density at radius 1 is 0.470 bits per heavy atom. The minimum Gasteiger partial charge on any atom is -0.478 e. The fourth-order valence-corrected chi connectivity index (χ4v) is 8.67. The maximum absolute atomic E-state index is 13.8. The minimum absolute atomic E-state index is 0. The SMILES string of the molecule is C.O=C(Nc1cccc(Nc2ccc3c(c2)NC(=O)/C3=C\c2ccc[nH]2)c1)Nc1cc(F)c(F)cc1F.O=C(O)c1cc(F)c(F)cc1F.O=C1Cc2ccc(Nc3cccc(NC(=O)Nc4cc(F)c(F)cc4F)c3)cc2N1.O=Cc1ccc[nH]1.[N-]=[N+]=NC(=O)c1cc(F)c(F)cc1F. The molecule has 8 aromatic carbocycles. The molecule has 0 bridgehead atoms. The molecular weight excluding hydrogens is 1340 g/mol. The van der Waals surface area contributed by atoms with E-state index in [0.29, 0.717) is 88.2 Å². The average molecular weight is 1390 g/mol. The van der Waals surface area contributed by atoms with Crippen LogP contribution in [0.1, 0.15) is 55.5 Å². The summed E-state index contributed by atoms with van der Waals surface area (Å²) < 4.78 is 155. The van der Waals surface area contributed by atoms with Gasteiger partial charge in [-0.1, -0.05) is 31.7 Å². The number of benzene rings is 8. The number of carbonyl (C=O) groups is 7. The maximum Gasteiger partial charge on any atom is 0.338 e. The summed E-state index contributed by atoms with van der Waals surface area (Å²) in [5, 5.41) is 32.1. The highest BCUT2D eigenvalue weighted by Gasteiger charge is 2.25. The summed E-state index contributed by atoms with van der Waals surface area (Å²) in [5.74, 6) is -18.8. The molecule has 21 nitrogen and oxygen atoms in total. The number of carboxylic acid groups (broad SMARTS) is 1. The van der Waals surface area contributed by atoms with Crippen molar-refractivity contribution in [3.8, 4) is 0 Å². The van der Waals surface area contributed by atoms with Gasteiger partial charge in [0.2, 0.25) is 5.91 Å². The highest BCUT2D eigenvalue weighted by Crippen LogP contribution is 2.36. The largest absolute Gasteiger partial charge is 0.478 e. The van der Waals surface area contributed by atoms with Crippen molar-refractivity contribution in [1.29, 1.82) is 0 Å². The lowest BCUT2D eigenvalue weighted by Gasteiger charge is -2.12. The molecule has 0 saturated carbocycles. The second kappa shape index (κ2) is 33.7. The van der Waals surface area contributed by atoms with Crippen molar-refractivity contribution in [3.05, 3.63) is 284 Å². The zero-order valence-electron chi connectivity index (χ0n) is 49.7. The first-order valence-corrected chi connectivity index (χ1v) is 27.9. The van der Waals surface area contributed by atoms with Gasteiger partial charge in [-0.3, -0.25) is 19.2 Å². The first-order valence-electron chi connectivity index (χ1n) is 27.9. The van der Waals surface area contributed by atoms with Gasteiger partial charge in [0.15, 0.2) is 52.8 Å². The highest BCUT2D eigenvalue weighted by molar-refractivity contribution is 6.35. The third-order valence-electron chi connectivity index (χ3n) is 13.2. The van der Waals surface area contributed by atoms with Gasteiger partial charge in [0, 0.05) is 105 Å². The Labute approximate surface area is 555 Å². The molecule has 12 rings (SSSR count). The Bertz CT molecular complexity index is 4840. The van der Waals surface area contributed by atoms with Crippen LogP contribution in [0.5, 0.6) is 0 Å². The van der Waals surface area contributed by atoms with E-state index >= 15 is 0 Å². The topological polar surface area (TPSA) is 316 Å². The number of anilines is 10. The van der Waals surface area contributed by atoms with Crippen LogP contribution in [-0.4, -0.2) is 57.1 Å². The molecule has 100 heavy (non-hydrogen) atoms. The average Bonchev–Trinajstić information content (AvgIpc) is 1.64. The summed E-state index contributed by atoms with van der Waals surface area (Å²) in [7, 11) is 0. The van der Waals surface area contributed by atoms with Gasteiger partial charge in [0.25, 0.3) is 11.8 Å². The summed E-state index contributed by atoms with van der Waals surface area (Å²) in [6.07, 6.45) is 6.40. The molecule has 4 heterocycles. The lowest BCUT2D eigenvalue weighted by Crippen LogP contribution is -2.20. The van der Waals surface area contributed by atoms with Crippen molar-refractivity contribution in [2.45, 2.75) is 13.8 Å². The summed E-state index contributed by atoms with van der Waals surface area (Å²) in [4.78, 5) is 86.9. The molecule has 2 aliphatic heterocycles. The van der Waals surface area contributed by atoms with Gasteiger partial charge in [-0.05, 0) is 119 Å². The molecular formula is C67H47F12N13O8. The van der Waals surface area contributed by atoms with Crippen LogP contribution < -0.4 is 42.5 Å². The molecule has 0 fully saturated rings. The van der Waals surface area contributed by atoms with Crippen molar-refractivity contribution in [1.82, 2.24) is 9.97 Å². The predicted molar refractivity (Wildman–Crippen MR) is 346 cm³/mol. The van der Waals surface area contributed by atoms with Gasteiger partial charge >= 0.3 is 18.0 Å². The Hall–Kier alpha value is -13.6. The maximum atomic E-state index is 13.8. The molecule has 33 heteroatoms. The number of nitrogens with one attached hydrogen (secondary N) is 10. The molecule has 2 aromatic heterocycles. The minimum atomic E-state index is -1.63. The van der Waals surface area contributed by atoms with Gasteiger partial charge in [-0.2, -0.15) is 0 Å². The quantitative estimate of drug-likeness (QED) is 0.0104. The number of urea groups is 2. The molecule has 0 unspecified atom stereocenters. The van der Waals surface area contributed by atoms with E-state index in [1.54, 1.807) is 91.3 Å². The first kappa shape index (κ1) is 73.8. The molecule has 0 spiro atoms. The number of aromatic amines is 2. The molecule has 512 valence electrons. The first-order chi connectivity index (χ1) is 47.2. The number of hydrogen-bond acceptors (Lipinski definition) is 9. The van der Waals surface area contributed by atoms with E-state index in [2.05, 4.69) is 62.5 Å². The lowest BCUT2D eigenvalue weighted by atomic mass is 10.1. The van der Waals surface area contributed by atoms with E-state index in [-0.39, 0.29) is 31.4 Å². The molecule has 0 radical (unpaired) electrons. The number of nitrogens with zero attached hydrogens (tertiary/aromatic N) is 3. The number of aromatic carboxylic acids is 1. The second-order valence-electron chi connectivity index (χ2n) is 20.1. The molecule has 0 aliphatic carbocycles. The van der Waals surface area contributed by atoms with Gasteiger partial charge in [0.05, 0.1) is 45.9 Å². The molecule has 2 aliphatic rings. The third-order valence-corrected chi connectivity index (χ3v) is 13.2. The number of fused-ring (bicyclic) bond motifs is 2. The zero-order valence-corrected chi connectivity index (χ0v) is 49.7. The smallest absolute Gasteiger partial charge is 0.338 e. The number of hydrogen-bond donors (Lipinski definition) is 11. The van der Waals surface area contributed by atoms with E-state index in [0.717, 1.165) is 34.5 Å². The number of aldehydes is 1. The number of azide groups is 1. The van der Waals surface area contributed by atoms with Crippen LogP contribution in [0.3, 0.4) is 0 Å². The van der Waals surface area contributed by atoms with Crippen LogP contribution in [0.15, 0.2) is 175 Å². The van der Waals surface area contributed by atoms with Crippen LogP contribution in [-0.2, 0) is 16.0 Å². The lowest BCUT2D eigenvalue weighted by molar-refractivity contribution is -0.115. The Kier molecular flexibility index (Phi) is 24.9. The van der Waals surface area contributed by atoms with E-state index < -0.39 is 116 Å². The number of H-pyrrole nitrogens is 2. The summed E-state index contributed by atoms with van der Waals surface area (Å²) in [5.41, 5.74) is 13.7. The van der Waals surface area contributed by atoms with Gasteiger partial charge < -0.3 is 57.6 Å². The number of rotatable bonds is 12. The monoisotopic (exact) mass is 1390 g/mol. The Balaban J connectivity index is 0.000000195. The van der Waals surface area contributed by atoms with Gasteiger partial charge in [-0.25, -0.2) is 67.1 Å². The van der Waals surface area contributed by atoms with Crippen molar-refractivity contribution in [2.24, 2.45) is 5.11 Å². The zero-order chi connectivity index (χ0) is 71.6. The van der Waals surface area contributed by atoms with Crippen molar-refractivity contribution in [3.63, 3.8) is 0 Å². The van der Waals surface area contributed by atoms with Crippen LogP contribution in [0.25, 0.3) is 22.1 Å². The van der Waals surface area contributed by atoms with Gasteiger partial charge in [0.1, 0.15) is 23.3 Å². The van der Waals surface area contributed by atoms with Crippen LogP contribution in [0.2, 0.25) is 0 Å². The molecule has 7 amide bonds. The predicted octanol–water partition coefficient (Wildman–Crippen LogP) is 17.1. The fraction of sp³-hybridized carbons (Fsp3) is 0.0299. The molecule has 0 atom stereocenters. The van der Waals surface area contributed by atoms with Crippen molar-refractivity contribution >= 4 is 111 Å². The number of aromatic nitrogens is 2. The van der Waals surface area contributed by atoms with E-state index in [1.165, 1.54) is 0 Å². The summed E-state index contributed by atoms with van der Waals surface area (Å²) in [6.45, 7) is 0. The fourth-order valence-electron chi connectivity index (χ4n) is 8.67. The van der Waals surface area contributed by atoms with Crippen LogP contribution in [0, 0.1) is 69.8 Å². The normalized spacial score (nSPS) is 11.5. The Morgan fingerprint density at radius 2 is 0.910 bits per heavy atom. The standard InChI is InChI=1S/C26H18F3N5O2.C21H15F3N4O2.C7H2F3N3O.C7H3F3O2.C5H5NO.CH4/c27-20-12-22(29)24(13-21(20)28)34-26(36)32-16-4-1-3-15(9-16)31-17-6-7-18-19(10-14-5-2-8-30-14)25(35)33-23(18)11-17;22-15-9-17(24)19(10-16(15)23)28-21(30)26-13-3-1-2-12(7-13)25-14-5-4-11-6-20(29)27-18(11)8-14;8-4-2-6(10)5(9)1-3(4)7(14)12-13-11;8-4-2-6(10)5(9)1-3(4)7(11)12;7-4-5-2-1-3-6-5;/h1-13,30-31H,(H,33,35)(H2,32,34,36);1-5,7-10,25H,6H2,(H,27,29)(H2,26,28,30);1-2H;1-2H,(H,11,12);1-4,6H;1H4/b19-10-;;;;;. The third kappa shape index (κ3) is 20.0. The van der Waals surface area contributed by atoms with E-state index in [4.69, 9.17) is 10.6 Å². The highest BCUT2D eigenvalue weighted by atomic mass is 19.2. The number of amides is 7. The molecule has 10 aromatic rings. The number of carbonyl (C=O) groups excluding carboxylic acids is 6. The molecule has 11 N–H and O–H groups in total. The van der Waals surface area contributed by atoms with E-state index in [1.807, 2.05) is 36.4 Å². The van der Waals surface area contributed by atoms with Gasteiger partial charge in [-0.15, -0.1) is 0 Å². The van der Waals surface area contributed by atoms with Crippen LogP contribution in [0.4, 0.5) is 119 Å². The Morgan fingerprint density at radius 3 is 1.39 bits per heavy atom. The summed E-state index contributed by atoms with van der Waals surface area (Å²) >= 11 is 0. The second-order valence-corrected chi connectivity index (χ2v) is 20.1. The van der Waals surface area contributed by atoms with E-state index in [9.17, 15) is 86.2 Å².